The normalized spacial score (nSPS) is 14.4. The molecule has 0 radical (unpaired) electrons. The van der Waals surface area contributed by atoms with Crippen LogP contribution < -0.4 is 5.73 Å². The second-order valence-electron chi connectivity index (χ2n) is 7.60. The molecule has 0 spiro atoms. The van der Waals surface area contributed by atoms with Gasteiger partial charge in [-0.2, -0.15) is 0 Å². The maximum Gasteiger partial charge on any atom is 0.265 e. The molecule has 8 heteroatoms. The average molecular weight is 403 g/mol. The van der Waals surface area contributed by atoms with Crippen molar-refractivity contribution in [2.45, 2.75) is 90.2 Å². The van der Waals surface area contributed by atoms with Crippen molar-refractivity contribution in [3.05, 3.63) is 0 Å². The smallest absolute Gasteiger partial charge is 0.265 e. The highest BCUT2D eigenvalue weighted by Gasteiger charge is 2.19. The fraction of sp³-hybridized carbons (Fsp3) is 0.850. The number of unbranched alkanes of at least 4 members (excludes halogenated alkanes) is 3. The highest BCUT2D eigenvalue weighted by atomic mass is 16.5. The minimum Gasteiger partial charge on any atom is -0.394 e. The van der Waals surface area contributed by atoms with Gasteiger partial charge in [0.25, 0.3) is 5.91 Å². The summed E-state index contributed by atoms with van der Waals surface area (Å²) in [6.45, 7) is 3.06. The molecule has 2 unspecified atom stereocenters. The van der Waals surface area contributed by atoms with Crippen molar-refractivity contribution >= 4 is 17.5 Å². The summed E-state index contributed by atoms with van der Waals surface area (Å²) >= 11 is 0. The standard InChI is InChI=1S/C20H38N2O6/c1-15(16(2)24)8-7-11-17(25)9-5-3-4-6-10-18(26)12-13-22(28)20(27)19(21)14-23/h15-16,19,23-24,28H,3-14,21H2,1-2H3/t15?,16?,19-/m0/s1. The number of aliphatic hydroxyl groups is 2. The fourth-order valence-electron chi connectivity index (χ4n) is 2.72. The van der Waals surface area contributed by atoms with Gasteiger partial charge in [-0.15, -0.1) is 0 Å². The summed E-state index contributed by atoms with van der Waals surface area (Å²) in [4.78, 5) is 35.0. The van der Waals surface area contributed by atoms with Crippen molar-refractivity contribution in [3.8, 4) is 0 Å². The molecule has 0 aliphatic carbocycles. The van der Waals surface area contributed by atoms with Crippen LogP contribution in [0.5, 0.6) is 0 Å². The Morgan fingerprint density at radius 3 is 1.89 bits per heavy atom. The molecular formula is C20H38N2O6. The van der Waals surface area contributed by atoms with Crippen molar-refractivity contribution in [2.24, 2.45) is 11.7 Å². The van der Waals surface area contributed by atoms with Crippen molar-refractivity contribution in [1.82, 2.24) is 5.06 Å². The number of nitrogens with two attached hydrogens (primary N) is 1. The molecule has 8 nitrogen and oxygen atoms in total. The van der Waals surface area contributed by atoms with Crippen LogP contribution in [0.2, 0.25) is 0 Å². The Morgan fingerprint density at radius 1 is 0.893 bits per heavy atom. The van der Waals surface area contributed by atoms with Gasteiger partial charge in [0.1, 0.15) is 17.6 Å². The van der Waals surface area contributed by atoms with Gasteiger partial charge in [0.05, 0.1) is 19.3 Å². The minimum absolute atomic E-state index is 0.0454. The Bertz CT molecular complexity index is 470. The van der Waals surface area contributed by atoms with Gasteiger partial charge >= 0.3 is 0 Å². The van der Waals surface area contributed by atoms with E-state index in [2.05, 4.69) is 0 Å². The molecule has 1 amide bonds. The van der Waals surface area contributed by atoms with E-state index in [1.54, 1.807) is 6.92 Å². The Morgan fingerprint density at radius 2 is 1.39 bits per heavy atom. The number of aliphatic hydroxyl groups excluding tert-OH is 2. The van der Waals surface area contributed by atoms with Crippen LogP contribution in [-0.2, 0) is 14.4 Å². The van der Waals surface area contributed by atoms with E-state index in [1.165, 1.54) is 0 Å². The topological polar surface area (TPSA) is 141 Å². The molecule has 0 rings (SSSR count). The van der Waals surface area contributed by atoms with Crippen LogP contribution in [0.15, 0.2) is 0 Å². The quantitative estimate of drug-likeness (QED) is 0.164. The van der Waals surface area contributed by atoms with Crippen LogP contribution in [0.3, 0.4) is 0 Å². The van der Waals surface area contributed by atoms with Crippen LogP contribution in [0.4, 0.5) is 0 Å². The lowest BCUT2D eigenvalue weighted by molar-refractivity contribution is -0.168. The van der Waals surface area contributed by atoms with Crippen molar-refractivity contribution < 1.29 is 29.8 Å². The number of carbonyl (C=O) groups excluding carboxylic acids is 3. The molecule has 0 heterocycles. The van der Waals surface area contributed by atoms with Crippen LogP contribution in [0, 0.1) is 5.92 Å². The summed E-state index contributed by atoms with van der Waals surface area (Å²) in [5, 5.41) is 28.0. The Labute approximate surface area is 168 Å². The second-order valence-corrected chi connectivity index (χ2v) is 7.60. The lowest BCUT2D eigenvalue weighted by Gasteiger charge is -2.17. The first-order valence-electron chi connectivity index (χ1n) is 10.3. The highest BCUT2D eigenvalue weighted by molar-refractivity contribution is 5.82. The minimum atomic E-state index is -1.18. The molecule has 3 atom stereocenters. The number of amides is 1. The Hall–Kier alpha value is -1.35. The van der Waals surface area contributed by atoms with E-state index in [0.717, 1.165) is 32.1 Å². The predicted molar refractivity (Wildman–Crippen MR) is 106 cm³/mol. The zero-order chi connectivity index (χ0) is 21.5. The third-order valence-corrected chi connectivity index (χ3v) is 4.97. The number of rotatable bonds is 17. The van der Waals surface area contributed by atoms with Crippen LogP contribution >= 0.6 is 0 Å². The van der Waals surface area contributed by atoms with Gasteiger partial charge in [-0.25, -0.2) is 5.06 Å². The van der Waals surface area contributed by atoms with E-state index in [4.69, 9.17) is 10.8 Å². The first-order valence-corrected chi connectivity index (χ1v) is 10.3. The summed E-state index contributed by atoms with van der Waals surface area (Å²) < 4.78 is 0. The summed E-state index contributed by atoms with van der Waals surface area (Å²) in [5.74, 6) is -0.386. The molecule has 28 heavy (non-hydrogen) atoms. The fourth-order valence-corrected chi connectivity index (χ4v) is 2.72. The molecule has 0 fully saturated rings. The largest absolute Gasteiger partial charge is 0.394 e. The van der Waals surface area contributed by atoms with Crippen molar-refractivity contribution in [3.63, 3.8) is 0 Å². The maximum atomic E-state index is 11.8. The molecule has 0 saturated carbocycles. The van der Waals surface area contributed by atoms with E-state index in [9.17, 15) is 24.7 Å². The van der Waals surface area contributed by atoms with E-state index < -0.39 is 18.6 Å². The molecule has 0 aliphatic heterocycles. The molecule has 0 aliphatic rings. The Balaban J connectivity index is 3.65. The van der Waals surface area contributed by atoms with E-state index >= 15 is 0 Å². The lowest BCUT2D eigenvalue weighted by Crippen LogP contribution is -2.44. The zero-order valence-electron chi connectivity index (χ0n) is 17.3. The zero-order valence-corrected chi connectivity index (χ0v) is 17.3. The number of nitrogens with zero attached hydrogens (tertiary/aromatic N) is 1. The van der Waals surface area contributed by atoms with Gasteiger partial charge in [-0.3, -0.25) is 19.6 Å². The molecule has 164 valence electrons. The number of hydrogen-bond donors (Lipinski definition) is 4. The second kappa shape index (κ2) is 15.6. The summed E-state index contributed by atoms with van der Waals surface area (Å²) in [6.07, 6.45) is 6.15. The van der Waals surface area contributed by atoms with Gasteiger partial charge in [-0.1, -0.05) is 19.8 Å². The Kier molecular flexibility index (Phi) is 14.8. The van der Waals surface area contributed by atoms with E-state index in [1.807, 2.05) is 6.92 Å². The summed E-state index contributed by atoms with van der Waals surface area (Å²) in [6, 6.07) is -1.18. The monoisotopic (exact) mass is 402 g/mol. The molecule has 0 aromatic rings. The first-order chi connectivity index (χ1) is 13.2. The van der Waals surface area contributed by atoms with Crippen LogP contribution in [0.1, 0.15) is 78.1 Å². The van der Waals surface area contributed by atoms with Crippen LogP contribution in [-0.4, -0.2) is 63.3 Å². The van der Waals surface area contributed by atoms with Gasteiger partial charge in [-0.05, 0) is 38.5 Å². The van der Waals surface area contributed by atoms with Gasteiger partial charge < -0.3 is 15.9 Å². The lowest BCUT2D eigenvalue weighted by atomic mass is 9.97. The average Bonchev–Trinajstić information content (AvgIpc) is 2.67. The molecular weight excluding hydrogens is 364 g/mol. The number of ketones is 2. The number of carbonyl (C=O) groups is 3. The van der Waals surface area contributed by atoms with Gasteiger partial charge in [0, 0.05) is 25.7 Å². The predicted octanol–water partition coefficient (Wildman–Crippen LogP) is 1.58. The van der Waals surface area contributed by atoms with Crippen molar-refractivity contribution in [2.75, 3.05) is 13.2 Å². The van der Waals surface area contributed by atoms with Gasteiger partial charge in [0.2, 0.25) is 0 Å². The van der Waals surface area contributed by atoms with Gasteiger partial charge in [0.15, 0.2) is 0 Å². The SMILES string of the molecule is CC(O)C(C)CCCC(=O)CCCCCCC(=O)CCN(O)C(=O)[C@@H](N)CO. The third kappa shape index (κ3) is 12.9. The van der Waals surface area contributed by atoms with Crippen molar-refractivity contribution in [1.29, 1.82) is 0 Å². The maximum absolute atomic E-state index is 11.8. The van der Waals surface area contributed by atoms with Crippen LogP contribution in [0.25, 0.3) is 0 Å². The van der Waals surface area contributed by atoms with E-state index in [-0.39, 0.29) is 36.6 Å². The molecule has 5 N–H and O–H groups in total. The molecule has 0 saturated heterocycles. The molecule has 0 bridgehead atoms. The molecule has 0 aromatic heterocycles. The highest BCUT2D eigenvalue weighted by Crippen LogP contribution is 2.14. The molecule has 0 aromatic carbocycles. The number of hydrogen-bond acceptors (Lipinski definition) is 7. The van der Waals surface area contributed by atoms with E-state index in [0.29, 0.717) is 30.7 Å². The summed E-state index contributed by atoms with van der Waals surface area (Å²) in [7, 11) is 0. The third-order valence-electron chi connectivity index (χ3n) is 4.97. The summed E-state index contributed by atoms with van der Waals surface area (Å²) in [5.41, 5.74) is 5.30. The first kappa shape index (κ1) is 26.6. The number of hydroxylamine groups is 2. The number of Topliss-reactive ketones (excluding diaryl/α,β-unsaturated/α-hetero) is 2.